The van der Waals surface area contributed by atoms with Gasteiger partial charge in [0.05, 0.1) is 23.7 Å². The minimum absolute atomic E-state index is 0.854. The van der Waals surface area contributed by atoms with E-state index in [1.807, 2.05) is 0 Å². The minimum Gasteiger partial charge on any atom is -0.481 e. The predicted molar refractivity (Wildman–Crippen MR) is 59.7 cm³/mol. The van der Waals surface area contributed by atoms with Crippen LogP contribution in [0.3, 0.4) is 0 Å². The first-order valence-electron chi connectivity index (χ1n) is 5.34. The lowest BCUT2D eigenvalue weighted by Gasteiger charge is -2.31. The van der Waals surface area contributed by atoms with Crippen LogP contribution >= 0.6 is 11.8 Å². The second kappa shape index (κ2) is 4.41. The summed E-state index contributed by atoms with van der Waals surface area (Å²) in [4.78, 5) is 44.5. The second-order valence-corrected chi connectivity index (χ2v) is 5.88. The lowest BCUT2D eigenvalue weighted by atomic mass is 9.68. The van der Waals surface area contributed by atoms with Crippen molar-refractivity contribution < 1.29 is 39.6 Å². The summed E-state index contributed by atoms with van der Waals surface area (Å²) in [5.74, 6) is -11.1. The number of aliphatic carboxylic acids is 4. The molecule has 8 nitrogen and oxygen atoms in total. The maximum absolute atomic E-state index is 11.1. The molecule has 0 amide bonds. The summed E-state index contributed by atoms with van der Waals surface area (Å²) in [6.45, 7) is 0. The molecule has 19 heavy (non-hydrogen) atoms. The molecule has 2 bridgehead atoms. The van der Waals surface area contributed by atoms with Crippen molar-refractivity contribution in [3.8, 4) is 0 Å². The third-order valence-electron chi connectivity index (χ3n) is 3.64. The summed E-state index contributed by atoms with van der Waals surface area (Å²) in [5.41, 5.74) is 0. The van der Waals surface area contributed by atoms with E-state index in [0.29, 0.717) is 0 Å². The molecule has 0 aromatic heterocycles. The first-order valence-corrected chi connectivity index (χ1v) is 6.28. The smallest absolute Gasteiger partial charge is 0.308 e. The Morgan fingerprint density at radius 2 is 0.789 bits per heavy atom. The van der Waals surface area contributed by atoms with Gasteiger partial charge in [-0.05, 0) is 0 Å². The van der Waals surface area contributed by atoms with E-state index in [9.17, 15) is 19.2 Å². The Morgan fingerprint density at radius 1 is 0.579 bits per heavy atom. The summed E-state index contributed by atoms with van der Waals surface area (Å²) in [6, 6.07) is 0. The van der Waals surface area contributed by atoms with Gasteiger partial charge in [0, 0.05) is 10.5 Å². The van der Waals surface area contributed by atoms with Gasteiger partial charge in [0.25, 0.3) is 0 Å². The standard InChI is InChI=1S/C10H10O8S/c11-7(12)1-2(8(13)14)6-4(10(17)18)3(9(15)16)5(1)19-6/h1-6H,(H,11,12)(H,13,14)(H,15,16)(H,17,18). The molecule has 0 radical (unpaired) electrons. The van der Waals surface area contributed by atoms with Crippen molar-refractivity contribution in [3.05, 3.63) is 0 Å². The van der Waals surface area contributed by atoms with Crippen molar-refractivity contribution in [2.45, 2.75) is 10.5 Å². The van der Waals surface area contributed by atoms with Crippen LogP contribution in [0.4, 0.5) is 0 Å². The number of carboxylic acids is 4. The molecule has 0 aromatic carbocycles. The zero-order valence-electron chi connectivity index (χ0n) is 9.29. The average molecular weight is 290 g/mol. The molecule has 104 valence electrons. The van der Waals surface area contributed by atoms with Crippen LogP contribution in [0.2, 0.25) is 0 Å². The second-order valence-electron chi connectivity index (χ2n) is 4.52. The first-order chi connectivity index (χ1) is 8.77. The molecule has 9 heteroatoms. The van der Waals surface area contributed by atoms with Crippen molar-refractivity contribution >= 4 is 35.6 Å². The number of hydrogen-bond acceptors (Lipinski definition) is 5. The van der Waals surface area contributed by atoms with Crippen molar-refractivity contribution in [1.82, 2.24) is 0 Å². The number of fused-ring (bicyclic) bond motifs is 2. The maximum atomic E-state index is 11.1. The predicted octanol–water partition coefficient (Wildman–Crippen LogP) is -0.713. The molecule has 4 N–H and O–H groups in total. The van der Waals surface area contributed by atoms with Gasteiger partial charge < -0.3 is 20.4 Å². The van der Waals surface area contributed by atoms with Gasteiger partial charge in [0.2, 0.25) is 0 Å². The van der Waals surface area contributed by atoms with Gasteiger partial charge in [-0.25, -0.2) is 0 Å². The maximum Gasteiger partial charge on any atom is 0.308 e. The lowest BCUT2D eigenvalue weighted by molar-refractivity contribution is -0.164. The highest BCUT2D eigenvalue weighted by atomic mass is 32.2. The molecule has 4 atom stereocenters. The van der Waals surface area contributed by atoms with Gasteiger partial charge in [0.1, 0.15) is 0 Å². The van der Waals surface area contributed by atoms with Gasteiger partial charge in [-0.15, -0.1) is 0 Å². The highest BCUT2D eigenvalue weighted by Gasteiger charge is 2.67. The van der Waals surface area contributed by atoms with Crippen LogP contribution in [0.5, 0.6) is 0 Å². The minimum atomic E-state index is -1.40. The quantitative estimate of drug-likeness (QED) is 0.526. The van der Waals surface area contributed by atoms with Crippen LogP contribution in [-0.4, -0.2) is 54.8 Å². The lowest BCUT2D eigenvalue weighted by Crippen LogP contribution is -2.51. The van der Waals surface area contributed by atoms with Crippen molar-refractivity contribution in [3.63, 3.8) is 0 Å². The topological polar surface area (TPSA) is 149 Å². The SMILES string of the molecule is O=C(O)C1C2SC(C1C(=O)O)C(C(=O)O)C2C(=O)O. The molecule has 2 aliphatic heterocycles. The number of hydrogen-bond donors (Lipinski definition) is 4. The summed E-state index contributed by atoms with van der Waals surface area (Å²) < 4.78 is 0. The Balaban J connectivity index is 2.45. The fraction of sp³-hybridized carbons (Fsp3) is 0.600. The van der Waals surface area contributed by atoms with Crippen molar-refractivity contribution in [2.75, 3.05) is 0 Å². The van der Waals surface area contributed by atoms with Crippen LogP contribution in [0.1, 0.15) is 0 Å². The van der Waals surface area contributed by atoms with Crippen LogP contribution < -0.4 is 0 Å². The number of carbonyl (C=O) groups is 4. The Labute approximate surface area is 110 Å². The summed E-state index contributed by atoms with van der Waals surface area (Å²) in [5, 5.41) is 34.2. The Kier molecular flexibility index (Phi) is 3.17. The molecule has 4 unspecified atom stereocenters. The molecule has 0 saturated carbocycles. The summed E-state index contributed by atoms with van der Waals surface area (Å²) >= 11 is 0.854. The van der Waals surface area contributed by atoms with E-state index in [4.69, 9.17) is 20.4 Å². The van der Waals surface area contributed by atoms with E-state index in [2.05, 4.69) is 0 Å². The molecule has 0 aliphatic carbocycles. The first kappa shape index (κ1) is 13.7. The Bertz CT molecular complexity index is 392. The van der Waals surface area contributed by atoms with Crippen LogP contribution in [-0.2, 0) is 19.2 Å². The molecule has 0 spiro atoms. The van der Waals surface area contributed by atoms with Crippen LogP contribution in [0, 0.1) is 23.7 Å². The van der Waals surface area contributed by atoms with Gasteiger partial charge in [0.15, 0.2) is 0 Å². The monoisotopic (exact) mass is 290 g/mol. The molecule has 0 aromatic rings. The number of carboxylic acid groups (broad SMARTS) is 4. The molecular formula is C10H10O8S. The normalized spacial score (nSPS) is 40.0. The van der Waals surface area contributed by atoms with E-state index in [1.165, 1.54) is 0 Å². The van der Waals surface area contributed by atoms with Crippen molar-refractivity contribution in [1.29, 1.82) is 0 Å². The third-order valence-corrected chi connectivity index (χ3v) is 5.45. The molecule has 2 heterocycles. The van der Waals surface area contributed by atoms with Crippen LogP contribution in [0.25, 0.3) is 0 Å². The Hall–Kier alpha value is -1.77. The van der Waals surface area contributed by atoms with E-state index < -0.39 is 58.0 Å². The van der Waals surface area contributed by atoms with Gasteiger partial charge in [-0.1, -0.05) is 0 Å². The molecular weight excluding hydrogens is 280 g/mol. The van der Waals surface area contributed by atoms with Gasteiger partial charge in [-0.3, -0.25) is 19.2 Å². The molecule has 2 saturated heterocycles. The van der Waals surface area contributed by atoms with Gasteiger partial charge in [-0.2, -0.15) is 11.8 Å². The molecule has 2 fully saturated rings. The van der Waals surface area contributed by atoms with E-state index in [0.717, 1.165) is 11.8 Å². The van der Waals surface area contributed by atoms with Gasteiger partial charge >= 0.3 is 23.9 Å². The highest BCUT2D eigenvalue weighted by Crippen LogP contribution is 2.58. The van der Waals surface area contributed by atoms with E-state index >= 15 is 0 Å². The van der Waals surface area contributed by atoms with Crippen molar-refractivity contribution in [2.24, 2.45) is 23.7 Å². The third kappa shape index (κ3) is 1.84. The zero-order valence-corrected chi connectivity index (χ0v) is 10.1. The summed E-state index contributed by atoms with van der Waals surface area (Å²) in [6.07, 6.45) is 0. The fourth-order valence-electron chi connectivity index (χ4n) is 2.96. The molecule has 2 aliphatic rings. The highest BCUT2D eigenvalue weighted by molar-refractivity contribution is 8.01. The number of thioether (sulfide) groups is 1. The Morgan fingerprint density at radius 3 is 0.947 bits per heavy atom. The molecule has 2 rings (SSSR count). The summed E-state index contributed by atoms with van der Waals surface area (Å²) in [7, 11) is 0. The largest absolute Gasteiger partial charge is 0.481 e. The fourth-order valence-corrected chi connectivity index (χ4v) is 5.14. The van der Waals surface area contributed by atoms with E-state index in [-0.39, 0.29) is 0 Å². The zero-order chi connectivity index (χ0) is 14.5. The average Bonchev–Trinajstić information content (AvgIpc) is 2.81. The number of rotatable bonds is 4. The van der Waals surface area contributed by atoms with E-state index in [1.54, 1.807) is 0 Å². The van der Waals surface area contributed by atoms with Crippen LogP contribution in [0.15, 0.2) is 0 Å².